The van der Waals surface area contributed by atoms with Gasteiger partial charge in [-0.3, -0.25) is 0 Å². The molecule has 0 spiro atoms. The van der Waals surface area contributed by atoms with Crippen LogP contribution in [0, 0.1) is 6.92 Å². The number of aryl methyl sites for hydroxylation is 1. The van der Waals surface area contributed by atoms with E-state index in [4.69, 9.17) is 10.6 Å². The molecule has 18 heavy (non-hydrogen) atoms. The summed E-state index contributed by atoms with van der Waals surface area (Å²) < 4.78 is 6.74. The number of hydrogen-bond donors (Lipinski definition) is 2. The van der Waals surface area contributed by atoms with Crippen LogP contribution < -0.4 is 16.0 Å². The van der Waals surface area contributed by atoms with Crippen LogP contribution in [0.3, 0.4) is 0 Å². The van der Waals surface area contributed by atoms with Crippen molar-refractivity contribution in [2.45, 2.75) is 13.5 Å². The van der Waals surface area contributed by atoms with E-state index in [0.717, 1.165) is 21.5 Å². The number of nitrogens with zero attached hydrogens (tertiary/aromatic N) is 1. The van der Waals surface area contributed by atoms with Crippen molar-refractivity contribution in [3.8, 4) is 5.75 Å². The number of nitrogen functional groups attached to an aromatic ring is 1. The molecule has 1 aromatic carbocycles. The fourth-order valence-corrected chi connectivity index (χ4v) is 1.86. The monoisotopic (exact) mass is 307 g/mol. The minimum absolute atomic E-state index is 0.410. The van der Waals surface area contributed by atoms with Crippen molar-refractivity contribution in [1.82, 2.24) is 4.98 Å². The second-order valence-electron chi connectivity index (χ2n) is 3.86. The second kappa shape index (κ2) is 5.84. The molecule has 2 rings (SSSR count). The second-order valence-corrected chi connectivity index (χ2v) is 4.77. The van der Waals surface area contributed by atoms with E-state index in [1.165, 1.54) is 0 Å². The van der Waals surface area contributed by atoms with E-state index in [2.05, 4.69) is 26.3 Å². The van der Waals surface area contributed by atoms with Gasteiger partial charge in [0, 0.05) is 4.47 Å². The van der Waals surface area contributed by atoms with Crippen LogP contribution in [0.4, 0.5) is 5.82 Å². The number of ether oxygens (including phenoxy) is 1. The van der Waals surface area contributed by atoms with Crippen LogP contribution in [-0.2, 0) is 6.61 Å². The van der Waals surface area contributed by atoms with Gasteiger partial charge in [0.25, 0.3) is 0 Å². The molecule has 1 heterocycles. The van der Waals surface area contributed by atoms with Crippen LogP contribution in [0.25, 0.3) is 0 Å². The molecular formula is C13H14BrN3O. The first-order valence-electron chi connectivity index (χ1n) is 5.50. The van der Waals surface area contributed by atoms with Crippen LogP contribution in [0.2, 0.25) is 0 Å². The first kappa shape index (κ1) is 12.9. The summed E-state index contributed by atoms with van der Waals surface area (Å²) in [5.74, 6) is 6.78. The number of rotatable bonds is 4. The number of aromatic nitrogens is 1. The number of benzene rings is 1. The van der Waals surface area contributed by atoms with Crippen molar-refractivity contribution in [2.24, 2.45) is 5.84 Å². The predicted octanol–water partition coefficient (Wildman–Crippen LogP) is 3.02. The Morgan fingerprint density at radius 2 is 2.17 bits per heavy atom. The number of nitrogens with two attached hydrogens (primary N) is 1. The first-order chi connectivity index (χ1) is 8.69. The van der Waals surface area contributed by atoms with Crippen LogP contribution in [0.15, 0.2) is 40.9 Å². The van der Waals surface area contributed by atoms with Gasteiger partial charge in [-0.1, -0.05) is 28.1 Å². The molecule has 1 aromatic heterocycles. The maximum atomic E-state index is 5.74. The third kappa shape index (κ3) is 3.21. The lowest BCUT2D eigenvalue weighted by molar-refractivity contribution is 0.299. The van der Waals surface area contributed by atoms with E-state index in [-0.39, 0.29) is 0 Å². The highest BCUT2D eigenvalue weighted by atomic mass is 79.9. The van der Waals surface area contributed by atoms with Gasteiger partial charge in [-0.05, 0) is 36.8 Å². The Labute approximate surface area is 114 Å². The summed E-state index contributed by atoms with van der Waals surface area (Å²) >= 11 is 3.42. The number of nitrogens with one attached hydrogen (secondary N) is 1. The van der Waals surface area contributed by atoms with Gasteiger partial charge < -0.3 is 10.2 Å². The third-order valence-electron chi connectivity index (χ3n) is 2.48. The predicted molar refractivity (Wildman–Crippen MR) is 75.3 cm³/mol. The molecule has 94 valence electrons. The van der Waals surface area contributed by atoms with Gasteiger partial charge in [0.1, 0.15) is 18.2 Å². The zero-order chi connectivity index (χ0) is 13.0. The van der Waals surface area contributed by atoms with Crippen molar-refractivity contribution >= 4 is 21.7 Å². The molecular weight excluding hydrogens is 294 g/mol. The normalized spacial score (nSPS) is 10.2. The number of pyridine rings is 1. The Balaban J connectivity index is 2.08. The summed E-state index contributed by atoms with van der Waals surface area (Å²) in [7, 11) is 0. The minimum atomic E-state index is 0.410. The molecule has 0 fully saturated rings. The van der Waals surface area contributed by atoms with E-state index < -0.39 is 0 Å². The van der Waals surface area contributed by atoms with Gasteiger partial charge >= 0.3 is 0 Å². The molecule has 0 aliphatic rings. The van der Waals surface area contributed by atoms with Crippen LogP contribution in [0.1, 0.15) is 11.3 Å². The summed E-state index contributed by atoms with van der Waals surface area (Å²) in [6.45, 7) is 2.42. The smallest absolute Gasteiger partial charge is 0.140 e. The zero-order valence-corrected chi connectivity index (χ0v) is 11.6. The molecule has 5 heteroatoms. The quantitative estimate of drug-likeness (QED) is 0.673. The average molecular weight is 308 g/mol. The fraction of sp³-hybridized carbons (Fsp3) is 0.154. The van der Waals surface area contributed by atoms with E-state index in [0.29, 0.717) is 12.4 Å². The van der Waals surface area contributed by atoms with Crippen molar-refractivity contribution in [3.05, 3.63) is 52.1 Å². The van der Waals surface area contributed by atoms with Crippen molar-refractivity contribution in [1.29, 1.82) is 0 Å². The van der Waals surface area contributed by atoms with E-state index >= 15 is 0 Å². The van der Waals surface area contributed by atoms with Crippen LogP contribution >= 0.6 is 15.9 Å². The SMILES string of the molecule is Cc1ccc(Br)cc1OCc1cccc(NN)n1. The van der Waals surface area contributed by atoms with E-state index in [9.17, 15) is 0 Å². The molecule has 0 aliphatic heterocycles. The van der Waals surface area contributed by atoms with Crippen molar-refractivity contribution in [3.63, 3.8) is 0 Å². The Morgan fingerprint density at radius 1 is 1.33 bits per heavy atom. The first-order valence-corrected chi connectivity index (χ1v) is 6.30. The Bertz CT molecular complexity index is 546. The lowest BCUT2D eigenvalue weighted by Crippen LogP contribution is -2.09. The van der Waals surface area contributed by atoms with Gasteiger partial charge in [-0.25, -0.2) is 10.8 Å². The summed E-state index contributed by atoms with van der Waals surface area (Å²) in [5.41, 5.74) is 4.42. The fourth-order valence-electron chi connectivity index (χ4n) is 1.52. The molecule has 0 amide bonds. The van der Waals surface area contributed by atoms with Gasteiger partial charge in [-0.15, -0.1) is 0 Å². The highest BCUT2D eigenvalue weighted by Gasteiger charge is 2.02. The molecule has 0 unspecified atom stereocenters. The number of hydrazine groups is 1. The molecule has 0 aliphatic carbocycles. The van der Waals surface area contributed by atoms with Crippen LogP contribution in [0.5, 0.6) is 5.75 Å². The topological polar surface area (TPSA) is 60.2 Å². The standard InChI is InChI=1S/C13H14BrN3O/c1-9-5-6-10(14)7-12(9)18-8-11-3-2-4-13(16-11)17-15/h2-7H,8,15H2,1H3,(H,16,17). The summed E-state index contributed by atoms with van der Waals surface area (Å²) in [6.07, 6.45) is 0. The lowest BCUT2D eigenvalue weighted by atomic mass is 10.2. The summed E-state index contributed by atoms with van der Waals surface area (Å²) in [5, 5.41) is 0. The maximum absolute atomic E-state index is 5.74. The van der Waals surface area contributed by atoms with Gasteiger partial charge in [0.15, 0.2) is 0 Å². The average Bonchev–Trinajstić information content (AvgIpc) is 2.40. The Kier molecular flexibility index (Phi) is 4.17. The van der Waals surface area contributed by atoms with Gasteiger partial charge in [0.2, 0.25) is 0 Å². The molecule has 0 bridgehead atoms. The number of anilines is 1. The van der Waals surface area contributed by atoms with Crippen molar-refractivity contribution in [2.75, 3.05) is 5.43 Å². The van der Waals surface area contributed by atoms with Gasteiger partial charge in [0.05, 0.1) is 5.69 Å². The number of halogens is 1. The summed E-state index contributed by atoms with van der Waals surface area (Å²) in [4.78, 5) is 4.29. The highest BCUT2D eigenvalue weighted by molar-refractivity contribution is 9.10. The Hall–Kier alpha value is -1.59. The van der Waals surface area contributed by atoms with E-state index in [1.807, 2.05) is 37.3 Å². The molecule has 0 saturated carbocycles. The summed E-state index contributed by atoms with van der Waals surface area (Å²) in [6, 6.07) is 11.5. The molecule has 0 saturated heterocycles. The zero-order valence-electron chi connectivity index (χ0n) is 9.98. The largest absolute Gasteiger partial charge is 0.487 e. The molecule has 0 radical (unpaired) electrons. The minimum Gasteiger partial charge on any atom is -0.487 e. The number of hydrogen-bond acceptors (Lipinski definition) is 4. The third-order valence-corrected chi connectivity index (χ3v) is 2.97. The molecule has 2 aromatic rings. The van der Waals surface area contributed by atoms with Crippen molar-refractivity contribution < 1.29 is 4.74 Å². The van der Waals surface area contributed by atoms with Crippen LogP contribution in [-0.4, -0.2) is 4.98 Å². The lowest BCUT2D eigenvalue weighted by Gasteiger charge is -2.09. The van der Waals surface area contributed by atoms with E-state index in [1.54, 1.807) is 6.07 Å². The molecule has 0 atom stereocenters. The van der Waals surface area contributed by atoms with Gasteiger partial charge in [-0.2, -0.15) is 0 Å². The maximum Gasteiger partial charge on any atom is 0.140 e. The molecule has 4 nitrogen and oxygen atoms in total. The highest BCUT2D eigenvalue weighted by Crippen LogP contribution is 2.23. The molecule has 3 N–H and O–H groups in total. The Morgan fingerprint density at radius 3 is 2.94 bits per heavy atom.